The van der Waals surface area contributed by atoms with Crippen LogP contribution in [0.15, 0.2) is 18.2 Å². The Bertz CT molecular complexity index is 462. The van der Waals surface area contributed by atoms with Crippen LogP contribution in [0.5, 0.6) is 5.75 Å². The summed E-state index contributed by atoms with van der Waals surface area (Å²) in [5.74, 6) is -0.196. The topological polar surface area (TPSA) is 60.8 Å². The quantitative estimate of drug-likeness (QED) is 0.862. The highest BCUT2D eigenvalue weighted by Gasteiger charge is 2.30. The van der Waals surface area contributed by atoms with Gasteiger partial charge >= 0.3 is 0 Å². The number of aliphatic hydroxyl groups is 1. The number of hydrogen-bond acceptors (Lipinski definition) is 3. The first-order chi connectivity index (χ1) is 8.49. The van der Waals surface area contributed by atoms with Gasteiger partial charge in [0.15, 0.2) is 0 Å². The van der Waals surface area contributed by atoms with E-state index in [0.717, 1.165) is 6.42 Å². The lowest BCUT2D eigenvalue weighted by Gasteiger charge is -2.18. The molecular weight excluding hydrogens is 254 g/mol. The van der Waals surface area contributed by atoms with Gasteiger partial charge in [-0.25, -0.2) is 0 Å². The van der Waals surface area contributed by atoms with Crippen molar-refractivity contribution in [1.82, 2.24) is 4.90 Å². The minimum Gasteiger partial charge on any atom is -0.507 e. The second kappa shape index (κ2) is 5.16. The molecule has 4 nitrogen and oxygen atoms in total. The monoisotopic (exact) mass is 269 g/mol. The number of benzene rings is 1. The zero-order chi connectivity index (χ0) is 13.3. The molecule has 1 aliphatic rings. The van der Waals surface area contributed by atoms with E-state index in [4.69, 9.17) is 11.6 Å². The van der Waals surface area contributed by atoms with Crippen molar-refractivity contribution < 1.29 is 15.0 Å². The fourth-order valence-electron chi connectivity index (χ4n) is 2.22. The molecule has 1 amide bonds. The predicted molar refractivity (Wildman–Crippen MR) is 68.8 cm³/mol. The average molecular weight is 270 g/mol. The van der Waals surface area contributed by atoms with Crippen LogP contribution in [0.3, 0.4) is 0 Å². The fourth-order valence-corrected chi connectivity index (χ4v) is 2.39. The van der Waals surface area contributed by atoms with E-state index in [1.807, 2.05) is 0 Å². The normalized spacial score (nSPS) is 21.1. The summed E-state index contributed by atoms with van der Waals surface area (Å²) in [7, 11) is 0. The number of nitrogens with zero attached hydrogens (tertiary/aromatic N) is 1. The Balaban J connectivity index is 2.15. The highest BCUT2D eigenvalue weighted by atomic mass is 35.5. The molecule has 1 fully saturated rings. The van der Waals surface area contributed by atoms with Crippen molar-refractivity contribution in [1.29, 1.82) is 0 Å². The van der Waals surface area contributed by atoms with Gasteiger partial charge in [0.25, 0.3) is 5.91 Å². The Kier molecular flexibility index (Phi) is 3.78. The summed E-state index contributed by atoms with van der Waals surface area (Å²) in [6.45, 7) is 2.85. The lowest BCUT2D eigenvalue weighted by Crippen LogP contribution is -2.30. The van der Waals surface area contributed by atoms with E-state index in [2.05, 4.69) is 0 Å². The summed E-state index contributed by atoms with van der Waals surface area (Å²) in [6, 6.07) is 4.42. The molecule has 2 rings (SSSR count). The third kappa shape index (κ3) is 2.60. The molecule has 0 aliphatic carbocycles. The highest BCUT2D eigenvalue weighted by molar-refractivity contribution is 6.31. The molecule has 2 atom stereocenters. The standard InChI is InChI=1S/C13H16ClNO3/c1-8(16)9-4-5-15(7-9)13(18)11-6-10(14)2-3-12(11)17/h2-3,6,8-9,16-17H,4-5,7H2,1H3. The zero-order valence-electron chi connectivity index (χ0n) is 10.1. The molecule has 18 heavy (non-hydrogen) atoms. The molecule has 98 valence electrons. The van der Waals surface area contributed by atoms with Gasteiger partial charge in [-0.15, -0.1) is 0 Å². The molecule has 1 saturated heterocycles. The Labute approximate surface area is 111 Å². The van der Waals surface area contributed by atoms with Crippen LogP contribution in [-0.2, 0) is 0 Å². The number of hydrogen-bond donors (Lipinski definition) is 2. The summed E-state index contributed by atoms with van der Waals surface area (Å²) in [5.41, 5.74) is 0.216. The molecule has 1 aliphatic heterocycles. The van der Waals surface area contributed by atoms with Gasteiger partial charge in [0.1, 0.15) is 5.75 Å². The van der Waals surface area contributed by atoms with Crippen molar-refractivity contribution in [3.8, 4) is 5.75 Å². The molecule has 1 heterocycles. The van der Waals surface area contributed by atoms with E-state index >= 15 is 0 Å². The molecule has 2 unspecified atom stereocenters. The second-order valence-electron chi connectivity index (χ2n) is 4.70. The molecule has 5 heteroatoms. The summed E-state index contributed by atoms with van der Waals surface area (Å²) < 4.78 is 0. The molecule has 1 aromatic carbocycles. The first-order valence-electron chi connectivity index (χ1n) is 5.95. The van der Waals surface area contributed by atoms with Crippen molar-refractivity contribution in [2.75, 3.05) is 13.1 Å². The van der Waals surface area contributed by atoms with Crippen LogP contribution in [0.25, 0.3) is 0 Å². The molecule has 0 bridgehead atoms. The van der Waals surface area contributed by atoms with Crippen molar-refractivity contribution in [2.45, 2.75) is 19.4 Å². The lowest BCUT2D eigenvalue weighted by molar-refractivity contribution is 0.0759. The highest BCUT2D eigenvalue weighted by Crippen LogP contribution is 2.26. The van der Waals surface area contributed by atoms with Crippen LogP contribution >= 0.6 is 11.6 Å². The summed E-state index contributed by atoms with van der Waals surface area (Å²) in [6.07, 6.45) is 0.362. The second-order valence-corrected chi connectivity index (χ2v) is 5.14. The summed E-state index contributed by atoms with van der Waals surface area (Å²) in [5, 5.41) is 19.6. The Morgan fingerprint density at radius 2 is 2.28 bits per heavy atom. The van der Waals surface area contributed by atoms with Gasteiger partial charge in [-0.1, -0.05) is 11.6 Å². The van der Waals surface area contributed by atoms with Crippen molar-refractivity contribution in [2.24, 2.45) is 5.92 Å². The maximum absolute atomic E-state index is 12.2. The first-order valence-corrected chi connectivity index (χ1v) is 6.32. The third-order valence-electron chi connectivity index (χ3n) is 3.38. The molecule has 0 aromatic heterocycles. The van der Waals surface area contributed by atoms with E-state index in [1.165, 1.54) is 18.2 Å². The van der Waals surface area contributed by atoms with Gasteiger partial charge in [0, 0.05) is 24.0 Å². The molecular formula is C13H16ClNO3. The average Bonchev–Trinajstić information content (AvgIpc) is 2.81. The van der Waals surface area contributed by atoms with E-state index in [1.54, 1.807) is 11.8 Å². The number of rotatable bonds is 2. The van der Waals surface area contributed by atoms with Crippen LogP contribution in [-0.4, -0.2) is 40.2 Å². The number of halogens is 1. The van der Waals surface area contributed by atoms with Crippen LogP contribution in [0.2, 0.25) is 5.02 Å². The summed E-state index contributed by atoms with van der Waals surface area (Å²) >= 11 is 5.82. The predicted octanol–water partition coefficient (Wildman–Crippen LogP) is 1.89. The fraction of sp³-hybridized carbons (Fsp3) is 0.462. The largest absolute Gasteiger partial charge is 0.507 e. The Hall–Kier alpha value is -1.26. The number of phenolic OH excluding ortho intramolecular Hbond substituents is 1. The number of aromatic hydroxyl groups is 1. The number of carbonyl (C=O) groups is 1. The summed E-state index contributed by atoms with van der Waals surface area (Å²) in [4.78, 5) is 13.9. The third-order valence-corrected chi connectivity index (χ3v) is 3.62. The van der Waals surface area contributed by atoms with Crippen molar-refractivity contribution in [3.05, 3.63) is 28.8 Å². The van der Waals surface area contributed by atoms with E-state index in [9.17, 15) is 15.0 Å². The van der Waals surface area contributed by atoms with Gasteiger partial charge in [0.2, 0.25) is 0 Å². The van der Waals surface area contributed by atoms with E-state index in [-0.39, 0.29) is 23.1 Å². The van der Waals surface area contributed by atoms with E-state index < -0.39 is 6.10 Å². The van der Waals surface area contributed by atoms with Crippen molar-refractivity contribution in [3.63, 3.8) is 0 Å². The molecule has 1 aromatic rings. The Morgan fingerprint density at radius 1 is 1.56 bits per heavy atom. The van der Waals surface area contributed by atoms with Gasteiger partial charge in [-0.3, -0.25) is 4.79 Å². The van der Waals surface area contributed by atoms with E-state index in [0.29, 0.717) is 18.1 Å². The molecule has 0 saturated carbocycles. The number of carbonyl (C=O) groups excluding carboxylic acids is 1. The first kappa shape index (κ1) is 13.2. The van der Waals surface area contributed by atoms with Gasteiger partial charge in [0.05, 0.1) is 11.7 Å². The van der Waals surface area contributed by atoms with Crippen LogP contribution in [0.1, 0.15) is 23.7 Å². The number of aliphatic hydroxyl groups excluding tert-OH is 1. The van der Waals surface area contributed by atoms with Crippen LogP contribution in [0, 0.1) is 5.92 Å². The van der Waals surface area contributed by atoms with Gasteiger partial charge in [-0.05, 0) is 31.5 Å². The number of amides is 1. The SMILES string of the molecule is CC(O)C1CCN(C(=O)c2cc(Cl)ccc2O)C1. The maximum atomic E-state index is 12.2. The molecule has 0 radical (unpaired) electrons. The van der Waals surface area contributed by atoms with Crippen LogP contribution in [0.4, 0.5) is 0 Å². The van der Waals surface area contributed by atoms with Crippen molar-refractivity contribution >= 4 is 17.5 Å². The van der Waals surface area contributed by atoms with Gasteiger partial charge < -0.3 is 15.1 Å². The molecule has 2 N–H and O–H groups in total. The minimum atomic E-state index is -0.421. The molecule has 0 spiro atoms. The Morgan fingerprint density at radius 3 is 2.89 bits per heavy atom. The smallest absolute Gasteiger partial charge is 0.257 e. The lowest BCUT2D eigenvalue weighted by atomic mass is 10.0. The maximum Gasteiger partial charge on any atom is 0.257 e. The van der Waals surface area contributed by atoms with Gasteiger partial charge in [-0.2, -0.15) is 0 Å². The number of phenols is 1. The zero-order valence-corrected chi connectivity index (χ0v) is 10.9. The minimum absolute atomic E-state index is 0.0649. The number of likely N-dealkylation sites (tertiary alicyclic amines) is 1. The van der Waals surface area contributed by atoms with Crippen LogP contribution < -0.4 is 0 Å².